The first kappa shape index (κ1) is 10.9. The molecule has 78 valence electrons. The summed E-state index contributed by atoms with van der Waals surface area (Å²) in [6.07, 6.45) is 2.08. The summed E-state index contributed by atoms with van der Waals surface area (Å²) < 4.78 is 22.4. The first-order valence-electron chi connectivity index (χ1n) is 4.56. The van der Waals surface area contributed by atoms with E-state index in [1.54, 1.807) is 0 Å². The Kier molecular flexibility index (Phi) is 3.32. The highest BCUT2D eigenvalue weighted by atomic mass is 32.2. The molecule has 2 unspecified atom stereocenters. The van der Waals surface area contributed by atoms with Crippen molar-refractivity contribution in [2.75, 3.05) is 19.3 Å². The normalized spacial score (nSPS) is 27.8. The van der Waals surface area contributed by atoms with E-state index < -0.39 is 16.1 Å². The summed E-state index contributed by atoms with van der Waals surface area (Å²) >= 11 is 0. The number of nitrogens with zero attached hydrogens (tertiary/aromatic N) is 1. The molecule has 1 fully saturated rings. The quantitative estimate of drug-likeness (QED) is 0.698. The van der Waals surface area contributed by atoms with Gasteiger partial charge in [0.2, 0.25) is 0 Å². The van der Waals surface area contributed by atoms with Crippen molar-refractivity contribution < 1.29 is 13.5 Å². The Morgan fingerprint density at radius 1 is 1.62 bits per heavy atom. The molecule has 0 aliphatic carbocycles. The summed E-state index contributed by atoms with van der Waals surface area (Å²) in [4.78, 5) is 1.83. The lowest BCUT2D eigenvalue weighted by atomic mass is 10.4. The summed E-state index contributed by atoms with van der Waals surface area (Å²) in [5, 5.41) is 9.19. The van der Waals surface area contributed by atoms with Gasteiger partial charge >= 0.3 is 0 Å². The monoisotopic (exact) mass is 207 g/mol. The number of likely N-dealkylation sites (tertiary alicyclic amines) is 1. The minimum atomic E-state index is -2.93. The van der Waals surface area contributed by atoms with Gasteiger partial charge in [-0.3, -0.25) is 4.90 Å². The fourth-order valence-electron chi connectivity index (χ4n) is 1.63. The molecule has 4 nitrogen and oxygen atoms in total. The average Bonchev–Trinajstić information content (AvgIpc) is 2.50. The molecule has 1 N–H and O–H groups in total. The lowest BCUT2D eigenvalue weighted by Crippen LogP contribution is -2.34. The third-order valence-electron chi connectivity index (χ3n) is 2.57. The Morgan fingerprint density at radius 2 is 2.23 bits per heavy atom. The van der Waals surface area contributed by atoms with Crippen LogP contribution in [0.25, 0.3) is 0 Å². The standard InChI is InChI=1S/C8H17NO3S/c1-3-8(10)9-5-4-7(6-9)13(2,11)12/h7-8,10H,3-6H2,1-2H3. The van der Waals surface area contributed by atoms with Crippen molar-refractivity contribution in [3.8, 4) is 0 Å². The number of sulfone groups is 1. The molecule has 5 heteroatoms. The number of hydrogen-bond acceptors (Lipinski definition) is 4. The second-order valence-corrected chi connectivity index (χ2v) is 5.95. The van der Waals surface area contributed by atoms with Crippen LogP contribution in [0.1, 0.15) is 19.8 Å². The molecule has 2 atom stereocenters. The van der Waals surface area contributed by atoms with Gasteiger partial charge in [0, 0.05) is 19.3 Å². The van der Waals surface area contributed by atoms with E-state index in [1.165, 1.54) is 6.26 Å². The molecule has 0 aromatic carbocycles. The molecular weight excluding hydrogens is 190 g/mol. The molecule has 0 saturated carbocycles. The summed E-state index contributed by atoms with van der Waals surface area (Å²) in [6.45, 7) is 3.05. The van der Waals surface area contributed by atoms with E-state index in [9.17, 15) is 13.5 Å². The Balaban J connectivity index is 2.55. The molecule has 1 aliphatic rings. The van der Waals surface area contributed by atoms with Gasteiger partial charge in [0.05, 0.1) is 5.25 Å². The lowest BCUT2D eigenvalue weighted by molar-refractivity contribution is 0.0182. The number of aliphatic hydroxyl groups excluding tert-OH is 1. The van der Waals surface area contributed by atoms with Crippen molar-refractivity contribution in [1.29, 1.82) is 0 Å². The van der Waals surface area contributed by atoms with Crippen LogP contribution in [0.15, 0.2) is 0 Å². The highest BCUT2D eigenvalue weighted by molar-refractivity contribution is 7.91. The predicted molar refractivity (Wildman–Crippen MR) is 51.1 cm³/mol. The van der Waals surface area contributed by atoms with E-state index in [0.29, 0.717) is 25.9 Å². The van der Waals surface area contributed by atoms with Crippen LogP contribution in [0.5, 0.6) is 0 Å². The second-order valence-electron chi connectivity index (χ2n) is 3.62. The Morgan fingerprint density at radius 3 is 2.62 bits per heavy atom. The smallest absolute Gasteiger partial charge is 0.151 e. The molecule has 1 saturated heterocycles. The largest absolute Gasteiger partial charge is 0.378 e. The SMILES string of the molecule is CCC(O)N1CCC(S(C)(=O)=O)C1. The van der Waals surface area contributed by atoms with Crippen molar-refractivity contribution in [1.82, 2.24) is 4.90 Å². The van der Waals surface area contributed by atoms with Crippen molar-refractivity contribution in [3.05, 3.63) is 0 Å². The van der Waals surface area contributed by atoms with Crippen LogP contribution in [-0.2, 0) is 9.84 Å². The molecular formula is C8H17NO3S. The average molecular weight is 207 g/mol. The molecule has 0 bridgehead atoms. The first-order chi connectivity index (χ1) is 5.95. The first-order valence-corrected chi connectivity index (χ1v) is 6.51. The van der Waals surface area contributed by atoms with Crippen LogP contribution in [0.4, 0.5) is 0 Å². The van der Waals surface area contributed by atoms with Crippen molar-refractivity contribution in [2.45, 2.75) is 31.2 Å². The zero-order chi connectivity index (χ0) is 10.1. The van der Waals surface area contributed by atoms with Crippen LogP contribution in [0, 0.1) is 0 Å². The molecule has 0 aromatic rings. The van der Waals surface area contributed by atoms with Gasteiger partial charge in [0.1, 0.15) is 6.23 Å². The van der Waals surface area contributed by atoms with Gasteiger partial charge in [-0.2, -0.15) is 0 Å². The zero-order valence-corrected chi connectivity index (χ0v) is 8.92. The maximum absolute atomic E-state index is 11.2. The summed E-state index contributed by atoms with van der Waals surface area (Å²) in [5.41, 5.74) is 0. The van der Waals surface area contributed by atoms with Crippen molar-refractivity contribution in [2.24, 2.45) is 0 Å². The lowest BCUT2D eigenvalue weighted by Gasteiger charge is -2.21. The van der Waals surface area contributed by atoms with E-state index in [4.69, 9.17) is 0 Å². The molecule has 1 heterocycles. The summed E-state index contributed by atoms with van der Waals surface area (Å²) in [6, 6.07) is 0. The van der Waals surface area contributed by atoms with Gasteiger partial charge in [-0.15, -0.1) is 0 Å². The third-order valence-corrected chi connectivity index (χ3v) is 4.16. The van der Waals surface area contributed by atoms with Gasteiger partial charge < -0.3 is 5.11 Å². The predicted octanol–water partition coefficient (Wildman–Crippen LogP) is -0.166. The molecule has 0 amide bonds. The summed E-state index contributed by atoms with van der Waals surface area (Å²) in [5.74, 6) is 0. The van der Waals surface area contributed by atoms with E-state index in [0.717, 1.165) is 0 Å². The van der Waals surface area contributed by atoms with Gasteiger partial charge in [-0.1, -0.05) is 6.92 Å². The highest BCUT2D eigenvalue weighted by Crippen LogP contribution is 2.18. The number of rotatable bonds is 3. The van der Waals surface area contributed by atoms with Gasteiger partial charge in [0.25, 0.3) is 0 Å². The van der Waals surface area contributed by atoms with Crippen LogP contribution >= 0.6 is 0 Å². The van der Waals surface area contributed by atoms with Crippen LogP contribution < -0.4 is 0 Å². The van der Waals surface area contributed by atoms with Gasteiger partial charge in [0.15, 0.2) is 9.84 Å². The Bertz CT molecular complexity index is 263. The van der Waals surface area contributed by atoms with Gasteiger partial charge in [-0.05, 0) is 12.8 Å². The molecule has 13 heavy (non-hydrogen) atoms. The molecule has 1 rings (SSSR count). The fraction of sp³-hybridized carbons (Fsp3) is 1.00. The van der Waals surface area contributed by atoms with Gasteiger partial charge in [-0.25, -0.2) is 8.42 Å². The summed E-state index contributed by atoms with van der Waals surface area (Å²) in [7, 11) is -2.93. The maximum atomic E-state index is 11.2. The number of hydrogen-bond donors (Lipinski definition) is 1. The zero-order valence-electron chi connectivity index (χ0n) is 8.10. The third kappa shape index (κ3) is 2.65. The highest BCUT2D eigenvalue weighted by Gasteiger charge is 2.32. The number of aliphatic hydroxyl groups is 1. The van der Waals surface area contributed by atoms with E-state index in [-0.39, 0.29) is 5.25 Å². The molecule has 0 spiro atoms. The molecule has 0 radical (unpaired) electrons. The van der Waals surface area contributed by atoms with E-state index in [2.05, 4.69) is 0 Å². The second kappa shape index (κ2) is 3.94. The molecule has 0 aromatic heterocycles. The minimum Gasteiger partial charge on any atom is -0.378 e. The Labute approximate surface area is 79.5 Å². The van der Waals surface area contributed by atoms with E-state index >= 15 is 0 Å². The molecule has 1 aliphatic heterocycles. The topological polar surface area (TPSA) is 57.6 Å². The Hall–Kier alpha value is -0.130. The van der Waals surface area contributed by atoms with Crippen LogP contribution in [0.2, 0.25) is 0 Å². The van der Waals surface area contributed by atoms with Crippen molar-refractivity contribution in [3.63, 3.8) is 0 Å². The minimum absolute atomic E-state index is 0.284. The van der Waals surface area contributed by atoms with Crippen LogP contribution in [-0.4, -0.2) is 49.2 Å². The van der Waals surface area contributed by atoms with E-state index in [1.807, 2.05) is 11.8 Å². The van der Waals surface area contributed by atoms with Crippen molar-refractivity contribution >= 4 is 9.84 Å². The van der Waals surface area contributed by atoms with Crippen LogP contribution in [0.3, 0.4) is 0 Å². The fourth-order valence-corrected chi connectivity index (χ4v) is 2.63. The maximum Gasteiger partial charge on any atom is 0.151 e.